The Morgan fingerprint density at radius 3 is 2.60 bits per heavy atom. The van der Waals surface area contributed by atoms with Crippen molar-refractivity contribution >= 4 is 16.9 Å². The van der Waals surface area contributed by atoms with Gasteiger partial charge in [0.25, 0.3) is 5.91 Å². The van der Waals surface area contributed by atoms with Crippen molar-refractivity contribution in [3.05, 3.63) is 88.7 Å². The van der Waals surface area contributed by atoms with Crippen molar-refractivity contribution < 1.29 is 9.53 Å². The summed E-state index contributed by atoms with van der Waals surface area (Å²) in [5, 5.41) is 2.84. The second kappa shape index (κ2) is 8.71. The average molecular weight is 403 g/mol. The van der Waals surface area contributed by atoms with Crippen molar-refractivity contribution in [3.8, 4) is 5.82 Å². The van der Waals surface area contributed by atoms with Gasteiger partial charge in [0.2, 0.25) is 0 Å². The number of imidazole rings is 1. The third-order valence-corrected chi connectivity index (χ3v) is 4.77. The number of benzene rings is 1. The highest BCUT2D eigenvalue weighted by Crippen LogP contribution is 2.16. The molecular weight excluding hydrogens is 382 g/mol. The van der Waals surface area contributed by atoms with Crippen molar-refractivity contribution in [2.75, 3.05) is 13.7 Å². The van der Waals surface area contributed by atoms with Gasteiger partial charge in [0.05, 0.1) is 29.7 Å². The highest BCUT2D eigenvalue weighted by molar-refractivity contribution is 5.93. The summed E-state index contributed by atoms with van der Waals surface area (Å²) in [6.07, 6.45) is 4.79. The van der Waals surface area contributed by atoms with E-state index in [4.69, 9.17) is 4.74 Å². The van der Waals surface area contributed by atoms with E-state index in [0.717, 1.165) is 16.6 Å². The fraction of sp³-hybridized carbons (Fsp3) is 0.182. The normalized spacial score (nSPS) is 11.0. The number of rotatable bonds is 7. The van der Waals surface area contributed by atoms with Gasteiger partial charge < -0.3 is 10.1 Å². The van der Waals surface area contributed by atoms with E-state index in [1.54, 1.807) is 46.8 Å². The number of para-hydroxylation sites is 2. The standard InChI is InChI=1S/C22H21N5O3/c1-30-12-11-26-18-6-2-3-7-19(18)27(22(26)29)20-9-8-16(13-24-20)14-25-21(28)17-5-4-10-23-15-17/h2-10,13,15H,11-12,14H2,1H3,(H,25,28). The zero-order valence-corrected chi connectivity index (χ0v) is 16.5. The predicted octanol–water partition coefficient (Wildman–Crippen LogP) is 2.16. The lowest BCUT2D eigenvalue weighted by Gasteiger charge is -2.07. The lowest BCUT2D eigenvalue weighted by atomic mass is 10.2. The van der Waals surface area contributed by atoms with Crippen LogP contribution in [0.15, 0.2) is 71.9 Å². The van der Waals surface area contributed by atoms with Crippen molar-refractivity contribution in [2.24, 2.45) is 0 Å². The smallest absolute Gasteiger partial charge is 0.335 e. The second-order valence-electron chi connectivity index (χ2n) is 6.70. The number of hydrogen-bond acceptors (Lipinski definition) is 5. The van der Waals surface area contributed by atoms with Crippen molar-refractivity contribution in [2.45, 2.75) is 13.1 Å². The Labute approximate surface area is 172 Å². The lowest BCUT2D eigenvalue weighted by Crippen LogP contribution is -2.25. The second-order valence-corrected chi connectivity index (χ2v) is 6.70. The maximum Gasteiger partial charge on any atom is 0.335 e. The average Bonchev–Trinajstić information content (AvgIpc) is 3.08. The van der Waals surface area contributed by atoms with Crippen LogP contribution in [0.1, 0.15) is 15.9 Å². The van der Waals surface area contributed by atoms with Gasteiger partial charge in [-0.05, 0) is 35.9 Å². The molecule has 0 fully saturated rings. The summed E-state index contributed by atoms with van der Waals surface area (Å²) in [6, 6.07) is 14.6. The van der Waals surface area contributed by atoms with E-state index >= 15 is 0 Å². The number of aromatic nitrogens is 4. The van der Waals surface area contributed by atoms with Gasteiger partial charge in [-0.1, -0.05) is 18.2 Å². The molecule has 152 valence electrons. The summed E-state index contributed by atoms with van der Waals surface area (Å²) >= 11 is 0. The number of nitrogens with zero attached hydrogens (tertiary/aromatic N) is 4. The van der Waals surface area contributed by atoms with Crippen LogP contribution in [-0.2, 0) is 17.8 Å². The van der Waals surface area contributed by atoms with Gasteiger partial charge in [0, 0.05) is 32.2 Å². The highest BCUT2D eigenvalue weighted by atomic mass is 16.5. The number of hydrogen-bond donors (Lipinski definition) is 1. The van der Waals surface area contributed by atoms with Gasteiger partial charge in [-0.15, -0.1) is 0 Å². The van der Waals surface area contributed by atoms with Crippen LogP contribution >= 0.6 is 0 Å². The Bertz CT molecular complexity index is 1210. The van der Waals surface area contributed by atoms with E-state index in [9.17, 15) is 9.59 Å². The molecule has 1 amide bonds. The van der Waals surface area contributed by atoms with E-state index < -0.39 is 0 Å². The molecule has 0 radical (unpaired) electrons. The molecule has 30 heavy (non-hydrogen) atoms. The van der Waals surface area contributed by atoms with Gasteiger partial charge in [-0.2, -0.15) is 0 Å². The third kappa shape index (κ3) is 3.85. The van der Waals surface area contributed by atoms with Crippen LogP contribution < -0.4 is 11.0 Å². The first-order chi connectivity index (χ1) is 14.7. The number of carbonyl (C=O) groups excluding carboxylic acids is 1. The van der Waals surface area contributed by atoms with Crippen LogP contribution in [0, 0.1) is 0 Å². The molecule has 4 aromatic rings. The number of amides is 1. The summed E-state index contributed by atoms with van der Waals surface area (Å²) in [6.45, 7) is 1.23. The molecule has 1 N–H and O–H groups in total. The molecule has 0 bridgehead atoms. The largest absolute Gasteiger partial charge is 0.383 e. The first kappa shape index (κ1) is 19.5. The molecule has 0 atom stereocenters. The number of fused-ring (bicyclic) bond motifs is 1. The minimum absolute atomic E-state index is 0.168. The summed E-state index contributed by atoms with van der Waals surface area (Å²) < 4.78 is 8.40. The highest BCUT2D eigenvalue weighted by Gasteiger charge is 2.15. The molecule has 0 aliphatic heterocycles. The zero-order valence-electron chi connectivity index (χ0n) is 16.5. The maximum absolute atomic E-state index is 13.0. The number of pyridine rings is 2. The van der Waals surface area contributed by atoms with Crippen molar-refractivity contribution in [1.29, 1.82) is 0 Å². The Morgan fingerprint density at radius 1 is 1.07 bits per heavy atom. The van der Waals surface area contributed by atoms with Gasteiger partial charge >= 0.3 is 5.69 Å². The monoisotopic (exact) mass is 403 g/mol. The minimum Gasteiger partial charge on any atom is -0.383 e. The fourth-order valence-corrected chi connectivity index (χ4v) is 3.26. The first-order valence-corrected chi connectivity index (χ1v) is 9.52. The van der Waals surface area contributed by atoms with Crippen LogP contribution in [0.3, 0.4) is 0 Å². The van der Waals surface area contributed by atoms with E-state index in [2.05, 4.69) is 15.3 Å². The fourth-order valence-electron chi connectivity index (χ4n) is 3.26. The van der Waals surface area contributed by atoms with E-state index in [-0.39, 0.29) is 11.6 Å². The van der Waals surface area contributed by atoms with Crippen molar-refractivity contribution in [1.82, 2.24) is 24.4 Å². The van der Waals surface area contributed by atoms with Gasteiger partial charge in [-0.3, -0.25) is 14.3 Å². The predicted molar refractivity (Wildman–Crippen MR) is 113 cm³/mol. The number of ether oxygens (including phenoxy) is 1. The quantitative estimate of drug-likeness (QED) is 0.511. The summed E-state index contributed by atoms with van der Waals surface area (Å²) in [5.74, 6) is 0.319. The van der Waals surface area contributed by atoms with Crippen molar-refractivity contribution in [3.63, 3.8) is 0 Å². The third-order valence-electron chi connectivity index (χ3n) is 4.77. The summed E-state index contributed by atoms with van der Waals surface area (Å²) in [7, 11) is 1.61. The summed E-state index contributed by atoms with van der Waals surface area (Å²) in [5.41, 5.74) is 2.76. The molecule has 0 spiro atoms. The molecule has 1 aromatic carbocycles. The SMILES string of the molecule is COCCn1c(=O)n(-c2ccc(CNC(=O)c3cccnc3)cn2)c2ccccc21. The molecule has 4 rings (SSSR count). The molecule has 0 saturated heterocycles. The van der Waals surface area contributed by atoms with E-state index in [1.807, 2.05) is 30.3 Å². The Kier molecular flexibility index (Phi) is 5.67. The van der Waals surface area contributed by atoms with Crippen LogP contribution in [0.25, 0.3) is 16.9 Å². The molecule has 0 aliphatic rings. The minimum atomic E-state index is -0.204. The molecule has 0 saturated carbocycles. The maximum atomic E-state index is 13.0. The summed E-state index contributed by atoms with van der Waals surface area (Å²) in [4.78, 5) is 33.6. The number of carbonyl (C=O) groups is 1. The molecule has 8 heteroatoms. The van der Waals surface area contributed by atoms with E-state index in [0.29, 0.717) is 31.1 Å². The van der Waals surface area contributed by atoms with Crippen LogP contribution in [0.2, 0.25) is 0 Å². The van der Waals surface area contributed by atoms with Crippen LogP contribution in [-0.4, -0.2) is 38.7 Å². The topological polar surface area (TPSA) is 91.0 Å². The van der Waals surface area contributed by atoms with Crippen LogP contribution in [0.5, 0.6) is 0 Å². The number of nitrogens with one attached hydrogen (secondary N) is 1. The Balaban J connectivity index is 1.57. The van der Waals surface area contributed by atoms with Gasteiger partial charge in [-0.25, -0.2) is 14.3 Å². The molecule has 0 aliphatic carbocycles. The van der Waals surface area contributed by atoms with Gasteiger partial charge in [0.1, 0.15) is 5.82 Å². The Hall–Kier alpha value is -3.78. The molecule has 0 unspecified atom stereocenters. The first-order valence-electron chi connectivity index (χ1n) is 9.52. The van der Waals surface area contributed by atoms with Crippen LogP contribution in [0.4, 0.5) is 0 Å². The zero-order chi connectivity index (χ0) is 20.9. The molecule has 8 nitrogen and oxygen atoms in total. The lowest BCUT2D eigenvalue weighted by molar-refractivity contribution is 0.0950. The molecule has 3 aromatic heterocycles. The van der Waals surface area contributed by atoms with Gasteiger partial charge in [0.15, 0.2) is 0 Å². The van der Waals surface area contributed by atoms with E-state index in [1.165, 1.54) is 6.20 Å². The molecule has 3 heterocycles. The Morgan fingerprint density at radius 2 is 1.90 bits per heavy atom. The molecular formula is C22H21N5O3. The number of methoxy groups -OCH3 is 1.